The molecule has 6 heteroatoms. The van der Waals surface area contributed by atoms with Crippen LogP contribution in [0.4, 0.5) is 0 Å². The Bertz CT molecular complexity index is 1030. The molecule has 0 aromatic rings. The summed E-state index contributed by atoms with van der Waals surface area (Å²) in [4.78, 5) is 37.8. The number of hydrogen-bond donors (Lipinski definition) is 0. The van der Waals surface area contributed by atoms with Gasteiger partial charge in [-0.05, 0) is 83.5 Å². The van der Waals surface area contributed by atoms with E-state index >= 15 is 0 Å². The Hall–Kier alpha value is -2.63. The van der Waals surface area contributed by atoms with Crippen molar-refractivity contribution >= 4 is 17.9 Å². The molecule has 1 atom stereocenters. The Kier molecular flexibility index (Phi) is 44.9. The molecule has 0 rings (SSSR count). The fourth-order valence-electron chi connectivity index (χ4n) is 6.75. The maximum absolute atomic E-state index is 12.7. The zero-order valence-corrected chi connectivity index (χ0v) is 38.3. The van der Waals surface area contributed by atoms with E-state index in [0.717, 1.165) is 89.9 Å². The minimum Gasteiger partial charge on any atom is -0.462 e. The number of hydrogen-bond acceptors (Lipinski definition) is 6. The minimum atomic E-state index is -0.790. The molecule has 0 radical (unpaired) electrons. The van der Waals surface area contributed by atoms with Crippen molar-refractivity contribution in [1.82, 2.24) is 0 Å². The SMILES string of the molecule is CCCC/C=C\C=C/CCCCCC(=O)OC(COC(=O)CCCCCC/C=C\CCCC)COC(=O)CCCCCCCCC/C=C\CCCCCCCCCC. The van der Waals surface area contributed by atoms with Gasteiger partial charge in [-0.15, -0.1) is 0 Å². The quantitative estimate of drug-likeness (QED) is 0.0200. The van der Waals surface area contributed by atoms with Crippen molar-refractivity contribution in [3.8, 4) is 0 Å². The third kappa shape index (κ3) is 44.5. The van der Waals surface area contributed by atoms with E-state index in [-0.39, 0.29) is 31.1 Å². The topological polar surface area (TPSA) is 78.9 Å². The largest absolute Gasteiger partial charge is 0.462 e. The van der Waals surface area contributed by atoms with E-state index in [4.69, 9.17) is 14.2 Å². The molecule has 0 spiro atoms. The van der Waals surface area contributed by atoms with Crippen LogP contribution < -0.4 is 0 Å². The molecule has 0 aromatic heterocycles. The highest BCUT2D eigenvalue weighted by Gasteiger charge is 2.19. The summed E-state index contributed by atoms with van der Waals surface area (Å²) in [5.41, 5.74) is 0. The highest BCUT2D eigenvalue weighted by molar-refractivity contribution is 5.71. The van der Waals surface area contributed by atoms with Gasteiger partial charge in [0, 0.05) is 19.3 Å². The minimum absolute atomic E-state index is 0.0895. The second kappa shape index (κ2) is 47.1. The van der Waals surface area contributed by atoms with Gasteiger partial charge in [0.2, 0.25) is 0 Å². The zero-order chi connectivity index (χ0) is 42.3. The molecule has 0 aliphatic carbocycles. The van der Waals surface area contributed by atoms with Gasteiger partial charge in [0.15, 0.2) is 6.10 Å². The van der Waals surface area contributed by atoms with Crippen LogP contribution in [0.25, 0.3) is 0 Å². The fraction of sp³-hybridized carbons (Fsp3) is 0.788. The molecule has 0 amide bonds. The van der Waals surface area contributed by atoms with Gasteiger partial charge in [0.1, 0.15) is 13.2 Å². The van der Waals surface area contributed by atoms with Crippen molar-refractivity contribution in [1.29, 1.82) is 0 Å². The molecular weight excluding hydrogens is 721 g/mol. The first-order chi connectivity index (χ1) is 28.5. The predicted octanol–water partition coefficient (Wildman–Crippen LogP) is 15.9. The predicted molar refractivity (Wildman–Crippen MR) is 247 cm³/mol. The molecule has 0 fully saturated rings. The Morgan fingerprint density at radius 3 is 1.05 bits per heavy atom. The van der Waals surface area contributed by atoms with Crippen LogP contribution in [0, 0.1) is 0 Å². The first kappa shape index (κ1) is 55.4. The molecule has 0 aromatic carbocycles. The van der Waals surface area contributed by atoms with Crippen LogP contribution in [0.15, 0.2) is 48.6 Å². The summed E-state index contributed by atoms with van der Waals surface area (Å²) < 4.78 is 16.7. The molecule has 0 bridgehead atoms. The number of ether oxygens (including phenoxy) is 3. The molecule has 6 nitrogen and oxygen atoms in total. The van der Waals surface area contributed by atoms with Crippen molar-refractivity contribution in [2.45, 2.75) is 252 Å². The molecule has 58 heavy (non-hydrogen) atoms. The van der Waals surface area contributed by atoms with Gasteiger partial charge >= 0.3 is 17.9 Å². The van der Waals surface area contributed by atoms with E-state index in [1.807, 2.05) is 0 Å². The maximum Gasteiger partial charge on any atom is 0.306 e. The van der Waals surface area contributed by atoms with Crippen molar-refractivity contribution < 1.29 is 28.6 Å². The second-order valence-corrected chi connectivity index (χ2v) is 16.4. The summed E-state index contributed by atoms with van der Waals surface area (Å²) in [7, 11) is 0. The molecule has 0 aliphatic heterocycles. The van der Waals surface area contributed by atoms with E-state index in [0.29, 0.717) is 19.3 Å². The molecule has 0 heterocycles. The highest BCUT2D eigenvalue weighted by Crippen LogP contribution is 2.14. The lowest BCUT2D eigenvalue weighted by Crippen LogP contribution is -2.30. The monoisotopic (exact) mass is 813 g/mol. The number of unbranched alkanes of at least 4 members (excludes halogenated alkanes) is 26. The van der Waals surface area contributed by atoms with Crippen molar-refractivity contribution in [3.05, 3.63) is 48.6 Å². The number of esters is 3. The van der Waals surface area contributed by atoms with Crippen LogP contribution in [-0.4, -0.2) is 37.2 Å². The van der Waals surface area contributed by atoms with E-state index in [9.17, 15) is 14.4 Å². The van der Waals surface area contributed by atoms with Gasteiger partial charge in [-0.3, -0.25) is 14.4 Å². The Morgan fingerprint density at radius 1 is 0.345 bits per heavy atom. The smallest absolute Gasteiger partial charge is 0.306 e. The zero-order valence-electron chi connectivity index (χ0n) is 38.3. The molecule has 336 valence electrons. The number of carbonyl (C=O) groups excluding carboxylic acids is 3. The summed E-state index contributed by atoms with van der Waals surface area (Å²) in [6.45, 7) is 6.50. The number of allylic oxidation sites excluding steroid dienone is 8. The number of rotatable bonds is 44. The van der Waals surface area contributed by atoms with Crippen LogP contribution in [0.3, 0.4) is 0 Å². The third-order valence-corrected chi connectivity index (χ3v) is 10.6. The standard InChI is InChI=1S/C52H92O6/c1-4-7-10-13-16-19-22-23-24-25-26-27-28-29-31-33-36-39-42-45-51(54)57-48-49(47-56-50(53)44-41-38-35-32-21-18-15-12-9-6-3)58-52(55)46-43-40-37-34-30-20-17-14-11-8-5-2/h14-15,17-18,20,25-26,30,49H,4-13,16,19,21-24,27-29,31-48H2,1-3H3/b17-14-,18-15-,26-25-,30-20-. The van der Waals surface area contributed by atoms with Crippen molar-refractivity contribution in [3.63, 3.8) is 0 Å². The van der Waals surface area contributed by atoms with Gasteiger partial charge in [-0.25, -0.2) is 0 Å². The van der Waals surface area contributed by atoms with Gasteiger partial charge in [0.25, 0.3) is 0 Å². The molecule has 0 saturated carbocycles. The lowest BCUT2D eigenvalue weighted by atomic mass is 10.1. The van der Waals surface area contributed by atoms with E-state index in [2.05, 4.69) is 69.4 Å². The van der Waals surface area contributed by atoms with Gasteiger partial charge < -0.3 is 14.2 Å². The Balaban J connectivity index is 4.32. The second-order valence-electron chi connectivity index (χ2n) is 16.4. The van der Waals surface area contributed by atoms with Crippen molar-refractivity contribution in [2.24, 2.45) is 0 Å². The molecule has 1 unspecified atom stereocenters. The van der Waals surface area contributed by atoms with E-state index in [1.165, 1.54) is 116 Å². The van der Waals surface area contributed by atoms with Crippen LogP contribution in [-0.2, 0) is 28.6 Å². The van der Waals surface area contributed by atoms with Crippen LogP contribution in [0.2, 0.25) is 0 Å². The molecule has 0 aliphatic rings. The average Bonchev–Trinajstić information content (AvgIpc) is 3.22. The third-order valence-electron chi connectivity index (χ3n) is 10.6. The molecular formula is C52H92O6. The summed E-state index contributed by atoms with van der Waals surface area (Å²) >= 11 is 0. The average molecular weight is 813 g/mol. The maximum atomic E-state index is 12.7. The van der Waals surface area contributed by atoms with Crippen molar-refractivity contribution in [2.75, 3.05) is 13.2 Å². The first-order valence-corrected chi connectivity index (χ1v) is 24.7. The fourth-order valence-corrected chi connectivity index (χ4v) is 6.75. The van der Waals surface area contributed by atoms with Crippen LogP contribution in [0.1, 0.15) is 245 Å². The summed E-state index contributed by atoms with van der Waals surface area (Å²) in [5, 5.41) is 0. The first-order valence-electron chi connectivity index (χ1n) is 24.7. The normalized spacial score (nSPS) is 12.4. The summed E-state index contributed by atoms with van der Waals surface area (Å²) in [5.74, 6) is -0.935. The number of carbonyl (C=O) groups is 3. The summed E-state index contributed by atoms with van der Waals surface area (Å²) in [6.07, 6.45) is 55.3. The van der Waals surface area contributed by atoms with Gasteiger partial charge in [-0.2, -0.15) is 0 Å². The molecule has 0 saturated heterocycles. The van der Waals surface area contributed by atoms with Gasteiger partial charge in [-0.1, -0.05) is 191 Å². The lowest BCUT2D eigenvalue weighted by molar-refractivity contribution is -0.167. The van der Waals surface area contributed by atoms with E-state index in [1.54, 1.807) is 0 Å². The Labute approximate surface area is 358 Å². The summed E-state index contributed by atoms with van der Waals surface area (Å²) in [6, 6.07) is 0. The molecule has 0 N–H and O–H groups in total. The Morgan fingerprint density at radius 2 is 0.638 bits per heavy atom. The van der Waals surface area contributed by atoms with E-state index < -0.39 is 6.10 Å². The van der Waals surface area contributed by atoms with Gasteiger partial charge in [0.05, 0.1) is 0 Å². The van der Waals surface area contributed by atoms with Crippen LogP contribution in [0.5, 0.6) is 0 Å². The van der Waals surface area contributed by atoms with Crippen LogP contribution >= 0.6 is 0 Å². The lowest BCUT2D eigenvalue weighted by Gasteiger charge is -2.18. The highest BCUT2D eigenvalue weighted by atomic mass is 16.6.